The zero-order valence-corrected chi connectivity index (χ0v) is 35.5. The van der Waals surface area contributed by atoms with Crippen molar-refractivity contribution in [1.82, 2.24) is 34.5 Å². The second kappa shape index (κ2) is 19.8. The van der Waals surface area contributed by atoms with Crippen molar-refractivity contribution in [2.24, 2.45) is 0 Å². The standard InChI is InChI=1S/C16H22N4O2.C13H15BrN4O2.C10H13FN2O2/c1-11(2)12-9-18-20(10-12)13-6-7-17-14(8-13)19-15(21)22-16(3,4)5;1-13(2,3)20-12(19)17-11-6-10(4-5-15-11)18-8-9(14)7-16-18;1-10(2,3)15-9(14)13-8-6-7(11)4-5-12-8/h6-11H,1-5H3,(H,17,19,21);4-8H,1-3H3,(H,15,17,19);4-6H,1-3H3,(H,12,13,14). The van der Waals surface area contributed by atoms with Gasteiger partial charge in [0.05, 0.1) is 28.2 Å². The highest BCUT2D eigenvalue weighted by molar-refractivity contribution is 9.10. The molecule has 5 rings (SSSR count). The first-order chi connectivity index (χ1) is 26.4. The van der Waals surface area contributed by atoms with Crippen molar-refractivity contribution in [3.05, 3.63) is 95.6 Å². The number of hydrogen-bond acceptors (Lipinski definition) is 11. The molecule has 16 nitrogen and oxygen atoms in total. The first-order valence-electron chi connectivity index (χ1n) is 17.7. The van der Waals surface area contributed by atoms with E-state index in [0.717, 1.165) is 27.5 Å². The van der Waals surface area contributed by atoms with E-state index >= 15 is 0 Å². The van der Waals surface area contributed by atoms with Crippen LogP contribution in [0.4, 0.5) is 36.2 Å². The van der Waals surface area contributed by atoms with Gasteiger partial charge in [0.25, 0.3) is 0 Å². The van der Waals surface area contributed by atoms with Gasteiger partial charge >= 0.3 is 18.3 Å². The first kappa shape index (κ1) is 45.5. The lowest BCUT2D eigenvalue weighted by molar-refractivity contribution is 0.0624. The number of rotatable bonds is 6. The average Bonchev–Trinajstić information content (AvgIpc) is 3.73. The molecule has 0 aliphatic heterocycles. The van der Waals surface area contributed by atoms with Crippen molar-refractivity contribution in [3.8, 4) is 11.4 Å². The van der Waals surface area contributed by atoms with Gasteiger partial charge in [-0.1, -0.05) is 13.8 Å². The number of nitrogens with one attached hydrogen (secondary N) is 3. The molecular formula is C39H50BrFN10O6. The molecule has 3 amide bonds. The largest absolute Gasteiger partial charge is 0.444 e. The number of amides is 3. The van der Waals surface area contributed by atoms with Crippen molar-refractivity contribution in [1.29, 1.82) is 0 Å². The number of carbonyl (C=O) groups excluding carboxylic acids is 3. The van der Waals surface area contributed by atoms with Crippen LogP contribution in [0.2, 0.25) is 0 Å². The summed E-state index contributed by atoms with van der Waals surface area (Å²) in [5.74, 6) is 0.909. The fourth-order valence-corrected chi connectivity index (χ4v) is 4.46. The maximum absolute atomic E-state index is 12.7. The van der Waals surface area contributed by atoms with Crippen LogP contribution in [-0.2, 0) is 14.2 Å². The third kappa shape index (κ3) is 17.6. The molecule has 0 radical (unpaired) electrons. The summed E-state index contributed by atoms with van der Waals surface area (Å²) >= 11 is 3.33. The molecular weight excluding hydrogens is 803 g/mol. The van der Waals surface area contributed by atoms with Gasteiger partial charge in [0, 0.05) is 49.2 Å². The Balaban J connectivity index is 0.000000233. The van der Waals surface area contributed by atoms with Crippen LogP contribution in [0.1, 0.15) is 87.6 Å². The Labute approximate surface area is 340 Å². The van der Waals surface area contributed by atoms with Crippen LogP contribution in [0, 0.1) is 5.82 Å². The van der Waals surface area contributed by atoms with Crippen LogP contribution in [0.3, 0.4) is 0 Å². The molecule has 3 N–H and O–H groups in total. The van der Waals surface area contributed by atoms with E-state index in [1.165, 1.54) is 12.3 Å². The Morgan fingerprint density at radius 3 is 1.37 bits per heavy atom. The van der Waals surface area contributed by atoms with Gasteiger partial charge in [-0.15, -0.1) is 0 Å². The van der Waals surface area contributed by atoms with Gasteiger partial charge in [0.2, 0.25) is 0 Å². The molecule has 0 bridgehead atoms. The third-order valence-corrected chi connectivity index (χ3v) is 6.85. The van der Waals surface area contributed by atoms with Crippen LogP contribution < -0.4 is 16.0 Å². The van der Waals surface area contributed by atoms with E-state index < -0.39 is 40.9 Å². The number of ether oxygens (including phenoxy) is 3. The average molecular weight is 854 g/mol. The number of carbonyl (C=O) groups is 3. The fraction of sp³-hybridized carbons (Fsp3) is 0.385. The summed E-state index contributed by atoms with van der Waals surface area (Å²) in [5, 5.41) is 16.0. The van der Waals surface area contributed by atoms with E-state index in [1.54, 1.807) is 87.7 Å². The monoisotopic (exact) mass is 852 g/mol. The van der Waals surface area contributed by atoms with E-state index in [-0.39, 0.29) is 5.82 Å². The van der Waals surface area contributed by atoms with E-state index in [4.69, 9.17) is 14.2 Å². The lowest BCUT2D eigenvalue weighted by atomic mass is 10.1. The van der Waals surface area contributed by atoms with Crippen molar-refractivity contribution in [3.63, 3.8) is 0 Å². The van der Waals surface area contributed by atoms with Crippen molar-refractivity contribution in [2.75, 3.05) is 16.0 Å². The molecule has 306 valence electrons. The van der Waals surface area contributed by atoms with E-state index in [0.29, 0.717) is 17.6 Å². The van der Waals surface area contributed by atoms with Crippen LogP contribution in [0.25, 0.3) is 11.4 Å². The van der Waals surface area contributed by atoms with Gasteiger partial charge in [0.1, 0.15) is 40.1 Å². The Bertz CT molecular complexity index is 2100. The number of aromatic nitrogens is 7. The molecule has 0 saturated heterocycles. The lowest BCUT2D eigenvalue weighted by Gasteiger charge is -2.19. The Morgan fingerprint density at radius 1 is 0.632 bits per heavy atom. The van der Waals surface area contributed by atoms with E-state index in [2.05, 4.69) is 70.9 Å². The molecule has 0 aliphatic carbocycles. The smallest absolute Gasteiger partial charge is 0.413 e. The molecule has 18 heteroatoms. The van der Waals surface area contributed by atoms with Crippen LogP contribution in [0.15, 0.2) is 84.2 Å². The molecule has 0 saturated carbocycles. The predicted molar refractivity (Wildman–Crippen MR) is 218 cm³/mol. The highest BCUT2D eigenvalue weighted by Gasteiger charge is 2.19. The minimum Gasteiger partial charge on any atom is -0.444 e. The van der Waals surface area contributed by atoms with Crippen LogP contribution in [-0.4, -0.2) is 69.6 Å². The minimum atomic E-state index is -0.652. The number of pyridine rings is 3. The van der Waals surface area contributed by atoms with Crippen molar-refractivity contribution >= 4 is 51.7 Å². The normalized spacial score (nSPS) is 11.3. The molecule has 5 aromatic rings. The summed E-state index contributed by atoms with van der Waals surface area (Å²) in [4.78, 5) is 46.7. The molecule has 5 aromatic heterocycles. The maximum Gasteiger partial charge on any atom is 0.413 e. The van der Waals surface area contributed by atoms with Gasteiger partial charge in [-0.3, -0.25) is 16.0 Å². The molecule has 0 aromatic carbocycles. The second-order valence-corrected chi connectivity index (χ2v) is 16.4. The first-order valence-corrected chi connectivity index (χ1v) is 18.5. The van der Waals surface area contributed by atoms with Gasteiger partial charge in [-0.05, 0) is 108 Å². The third-order valence-electron chi connectivity index (χ3n) is 6.45. The second-order valence-electron chi connectivity index (χ2n) is 15.5. The summed E-state index contributed by atoms with van der Waals surface area (Å²) in [7, 11) is 0. The Morgan fingerprint density at radius 2 is 1.02 bits per heavy atom. The number of nitrogens with zero attached hydrogens (tertiary/aromatic N) is 7. The summed E-state index contributed by atoms with van der Waals surface area (Å²) in [5.41, 5.74) is 1.09. The van der Waals surface area contributed by atoms with Gasteiger partial charge < -0.3 is 14.2 Å². The molecule has 0 aliphatic rings. The minimum absolute atomic E-state index is 0.129. The predicted octanol–water partition coefficient (Wildman–Crippen LogP) is 9.68. The molecule has 57 heavy (non-hydrogen) atoms. The number of halogens is 2. The summed E-state index contributed by atoms with van der Waals surface area (Å²) in [6, 6.07) is 9.39. The highest BCUT2D eigenvalue weighted by atomic mass is 79.9. The van der Waals surface area contributed by atoms with Crippen molar-refractivity contribution in [2.45, 2.75) is 98.9 Å². The SMILES string of the molecule is CC(C)(C)OC(=O)Nc1cc(-n2cc(Br)cn2)ccn1.CC(C)(C)OC(=O)Nc1cc(F)ccn1.CC(C)c1cnn(-c2ccnc(NC(=O)OC(C)(C)C)c2)c1. The van der Waals surface area contributed by atoms with Gasteiger partial charge in [-0.25, -0.2) is 43.1 Å². The summed E-state index contributed by atoms with van der Waals surface area (Å²) < 4.78 is 32.4. The van der Waals surface area contributed by atoms with Crippen LogP contribution in [0.5, 0.6) is 0 Å². The van der Waals surface area contributed by atoms with Gasteiger partial charge in [-0.2, -0.15) is 10.2 Å². The lowest BCUT2D eigenvalue weighted by Crippen LogP contribution is -2.27. The highest BCUT2D eigenvalue weighted by Crippen LogP contribution is 2.19. The molecule has 5 heterocycles. The van der Waals surface area contributed by atoms with Crippen LogP contribution >= 0.6 is 15.9 Å². The molecule has 0 unspecified atom stereocenters. The zero-order chi connectivity index (χ0) is 42.6. The maximum atomic E-state index is 12.7. The summed E-state index contributed by atoms with van der Waals surface area (Å²) in [6.07, 6.45) is 10.1. The summed E-state index contributed by atoms with van der Waals surface area (Å²) in [6.45, 7) is 20.3. The Hall–Kier alpha value is -5.91. The van der Waals surface area contributed by atoms with Crippen molar-refractivity contribution < 1.29 is 33.0 Å². The molecule has 0 spiro atoms. The fourth-order valence-electron chi connectivity index (χ4n) is 4.18. The number of anilines is 3. The topological polar surface area (TPSA) is 189 Å². The van der Waals surface area contributed by atoms with E-state index in [9.17, 15) is 18.8 Å². The Kier molecular flexibility index (Phi) is 15.8. The number of hydrogen-bond donors (Lipinski definition) is 3. The van der Waals surface area contributed by atoms with E-state index in [1.807, 2.05) is 45.4 Å². The zero-order valence-electron chi connectivity index (χ0n) is 33.9. The molecule has 0 fully saturated rings. The molecule has 0 atom stereocenters. The quantitative estimate of drug-likeness (QED) is 0.138. The van der Waals surface area contributed by atoms with Gasteiger partial charge in [0.15, 0.2) is 0 Å².